The molecule has 1 aromatic carbocycles. The minimum Gasteiger partial charge on any atom is -0.258 e. The molecule has 0 atom stereocenters. The molecule has 0 aliphatic heterocycles. The van der Waals surface area contributed by atoms with E-state index in [4.69, 9.17) is 23.2 Å². The van der Waals surface area contributed by atoms with Gasteiger partial charge in [-0.2, -0.15) is 0 Å². The molecule has 4 nitrogen and oxygen atoms in total. The number of non-ortho nitro benzene ring substituents is 1. The molecule has 0 unspecified atom stereocenters. The van der Waals surface area contributed by atoms with Gasteiger partial charge in [0.1, 0.15) is 5.15 Å². The summed E-state index contributed by atoms with van der Waals surface area (Å²) in [7, 11) is 0. The van der Waals surface area contributed by atoms with Crippen molar-refractivity contribution in [3.05, 3.63) is 44.6 Å². The molecule has 1 aromatic heterocycles. The number of nitrogens with zero attached hydrogens (tertiary/aromatic N) is 2. The van der Waals surface area contributed by atoms with Crippen LogP contribution in [0.4, 0.5) is 5.69 Å². The number of halogens is 2. The second-order valence-corrected chi connectivity index (χ2v) is 3.68. The van der Waals surface area contributed by atoms with Crippen molar-refractivity contribution in [2.45, 2.75) is 0 Å². The molecular formula is C9H4Cl2N2O2. The van der Waals surface area contributed by atoms with Gasteiger partial charge in [-0.1, -0.05) is 23.2 Å². The Bertz CT molecular complexity index is 557. The Labute approximate surface area is 94.6 Å². The predicted octanol–water partition coefficient (Wildman–Crippen LogP) is 3.45. The zero-order chi connectivity index (χ0) is 11.0. The van der Waals surface area contributed by atoms with E-state index in [1.807, 2.05) is 0 Å². The number of rotatable bonds is 1. The normalized spacial score (nSPS) is 10.5. The highest BCUT2D eigenvalue weighted by Crippen LogP contribution is 2.28. The van der Waals surface area contributed by atoms with E-state index in [0.29, 0.717) is 15.9 Å². The van der Waals surface area contributed by atoms with Crippen LogP contribution in [0.15, 0.2) is 24.3 Å². The third-order valence-corrected chi connectivity index (χ3v) is 2.43. The smallest absolute Gasteiger partial charge is 0.258 e. The van der Waals surface area contributed by atoms with E-state index in [-0.39, 0.29) is 10.8 Å². The summed E-state index contributed by atoms with van der Waals surface area (Å²) in [6.45, 7) is 0. The molecule has 1 heterocycles. The van der Waals surface area contributed by atoms with Gasteiger partial charge in [0, 0.05) is 17.5 Å². The molecule has 76 valence electrons. The molecule has 2 aromatic rings. The molecule has 0 aliphatic rings. The summed E-state index contributed by atoms with van der Waals surface area (Å²) < 4.78 is 0. The highest BCUT2D eigenvalue weighted by molar-refractivity contribution is 6.37. The fourth-order valence-corrected chi connectivity index (χ4v) is 1.77. The summed E-state index contributed by atoms with van der Waals surface area (Å²) in [4.78, 5) is 14.1. The summed E-state index contributed by atoms with van der Waals surface area (Å²) >= 11 is 11.6. The summed E-state index contributed by atoms with van der Waals surface area (Å²) in [5, 5.41) is 11.7. The number of fused-ring (bicyclic) bond motifs is 1. The monoisotopic (exact) mass is 242 g/mol. The molecule has 0 bridgehead atoms. The van der Waals surface area contributed by atoms with Gasteiger partial charge >= 0.3 is 0 Å². The quantitative estimate of drug-likeness (QED) is 0.437. The van der Waals surface area contributed by atoms with Crippen molar-refractivity contribution >= 4 is 39.8 Å². The third kappa shape index (κ3) is 1.86. The highest BCUT2D eigenvalue weighted by Gasteiger charge is 2.09. The van der Waals surface area contributed by atoms with Crippen molar-refractivity contribution in [2.24, 2.45) is 0 Å². The van der Waals surface area contributed by atoms with Gasteiger partial charge < -0.3 is 0 Å². The summed E-state index contributed by atoms with van der Waals surface area (Å²) in [5.41, 5.74) is 0.520. The lowest BCUT2D eigenvalue weighted by Gasteiger charge is -2.00. The molecular weight excluding hydrogens is 239 g/mol. The molecule has 0 spiro atoms. The Hall–Kier alpha value is -1.39. The van der Waals surface area contributed by atoms with E-state index in [1.54, 1.807) is 0 Å². The second-order valence-electron chi connectivity index (χ2n) is 2.89. The van der Waals surface area contributed by atoms with Crippen molar-refractivity contribution in [1.29, 1.82) is 0 Å². The average Bonchev–Trinajstić information content (AvgIpc) is 2.16. The Morgan fingerprint density at radius 1 is 1.27 bits per heavy atom. The van der Waals surface area contributed by atoms with E-state index in [9.17, 15) is 10.1 Å². The first kappa shape index (κ1) is 10.1. The van der Waals surface area contributed by atoms with Gasteiger partial charge in [-0.3, -0.25) is 10.1 Å². The Kier molecular flexibility index (Phi) is 2.46. The maximum atomic E-state index is 10.5. The van der Waals surface area contributed by atoms with E-state index in [0.717, 1.165) is 0 Å². The van der Waals surface area contributed by atoms with Crippen LogP contribution < -0.4 is 0 Å². The summed E-state index contributed by atoms with van der Waals surface area (Å²) in [6, 6.07) is 5.71. The number of nitro groups is 1. The van der Waals surface area contributed by atoms with Crippen LogP contribution in [0.2, 0.25) is 10.2 Å². The van der Waals surface area contributed by atoms with Crippen molar-refractivity contribution in [2.75, 3.05) is 0 Å². The maximum Gasteiger partial charge on any atom is 0.270 e. The van der Waals surface area contributed by atoms with Crippen LogP contribution in [-0.4, -0.2) is 9.91 Å². The molecule has 0 N–H and O–H groups in total. The zero-order valence-electron chi connectivity index (χ0n) is 7.28. The zero-order valence-corrected chi connectivity index (χ0v) is 8.79. The van der Waals surface area contributed by atoms with Crippen LogP contribution >= 0.6 is 23.2 Å². The van der Waals surface area contributed by atoms with Gasteiger partial charge in [0.25, 0.3) is 5.69 Å². The van der Waals surface area contributed by atoms with Crippen LogP contribution in [0.1, 0.15) is 0 Å². The summed E-state index contributed by atoms with van der Waals surface area (Å²) in [5.74, 6) is 0. The van der Waals surface area contributed by atoms with Crippen molar-refractivity contribution in [1.82, 2.24) is 4.98 Å². The SMILES string of the molecule is O=[N+]([O-])c1ccc2nc(Cl)cc(Cl)c2c1. The Balaban J connectivity index is 2.76. The first-order valence-corrected chi connectivity index (χ1v) is 4.74. The lowest BCUT2D eigenvalue weighted by atomic mass is 10.2. The lowest BCUT2D eigenvalue weighted by Crippen LogP contribution is -1.89. The van der Waals surface area contributed by atoms with Crippen molar-refractivity contribution < 1.29 is 4.92 Å². The molecule has 0 amide bonds. The summed E-state index contributed by atoms with van der Waals surface area (Å²) in [6.07, 6.45) is 0. The largest absolute Gasteiger partial charge is 0.270 e. The molecule has 0 saturated heterocycles. The first-order chi connectivity index (χ1) is 7.08. The van der Waals surface area contributed by atoms with Gasteiger partial charge in [0.05, 0.1) is 15.5 Å². The minimum atomic E-state index is -0.482. The van der Waals surface area contributed by atoms with Crippen LogP contribution in [0.5, 0.6) is 0 Å². The third-order valence-electron chi connectivity index (χ3n) is 1.92. The van der Waals surface area contributed by atoms with Crippen LogP contribution in [-0.2, 0) is 0 Å². The van der Waals surface area contributed by atoms with E-state index in [2.05, 4.69) is 4.98 Å². The standard InChI is InChI=1S/C9H4Cl2N2O2/c10-7-4-9(11)12-8-2-1-5(13(14)15)3-6(7)8/h1-4H. The van der Waals surface area contributed by atoms with Gasteiger partial charge in [0.2, 0.25) is 0 Å². The van der Waals surface area contributed by atoms with Crippen LogP contribution in [0, 0.1) is 10.1 Å². The number of nitro benzene ring substituents is 1. The fourth-order valence-electron chi connectivity index (χ4n) is 1.26. The number of hydrogen-bond acceptors (Lipinski definition) is 3. The Morgan fingerprint density at radius 3 is 2.67 bits per heavy atom. The number of hydrogen-bond donors (Lipinski definition) is 0. The van der Waals surface area contributed by atoms with E-state index < -0.39 is 4.92 Å². The van der Waals surface area contributed by atoms with Crippen molar-refractivity contribution in [3.8, 4) is 0 Å². The van der Waals surface area contributed by atoms with Crippen molar-refractivity contribution in [3.63, 3.8) is 0 Å². The fraction of sp³-hybridized carbons (Fsp3) is 0. The lowest BCUT2D eigenvalue weighted by molar-refractivity contribution is -0.384. The Morgan fingerprint density at radius 2 is 2.00 bits per heavy atom. The molecule has 0 aliphatic carbocycles. The maximum absolute atomic E-state index is 10.5. The average molecular weight is 243 g/mol. The highest BCUT2D eigenvalue weighted by atomic mass is 35.5. The number of benzene rings is 1. The molecule has 6 heteroatoms. The van der Waals surface area contributed by atoms with E-state index in [1.165, 1.54) is 24.3 Å². The van der Waals surface area contributed by atoms with Crippen LogP contribution in [0.25, 0.3) is 10.9 Å². The van der Waals surface area contributed by atoms with E-state index >= 15 is 0 Å². The first-order valence-electron chi connectivity index (χ1n) is 3.98. The number of pyridine rings is 1. The van der Waals surface area contributed by atoms with Gasteiger partial charge in [-0.05, 0) is 12.1 Å². The second kappa shape index (κ2) is 3.64. The number of aromatic nitrogens is 1. The topological polar surface area (TPSA) is 56.0 Å². The van der Waals surface area contributed by atoms with Gasteiger partial charge in [-0.15, -0.1) is 0 Å². The molecule has 2 rings (SSSR count). The van der Waals surface area contributed by atoms with Gasteiger partial charge in [-0.25, -0.2) is 4.98 Å². The minimum absolute atomic E-state index is 0.0199. The van der Waals surface area contributed by atoms with Gasteiger partial charge in [0.15, 0.2) is 0 Å². The van der Waals surface area contributed by atoms with Crippen LogP contribution in [0.3, 0.4) is 0 Å². The molecule has 15 heavy (non-hydrogen) atoms. The molecule has 0 fully saturated rings. The predicted molar refractivity (Wildman–Crippen MR) is 58.4 cm³/mol. The molecule has 0 saturated carbocycles. The molecule has 0 radical (unpaired) electrons.